The molecule has 0 aromatic heterocycles. The molecule has 0 atom stereocenters. The smallest absolute Gasteiger partial charge is 0.344 e. The number of unbranched alkanes of at least 4 members (excludes halogenated alkanes) is 2. The molecule has 68 heavy (non-hydrogen) atoms. The van der Waals surface area contributed by atoms with Crippen LogP contribution in [0.15, 0.2) is 133 Å². The van der Waals surface area contributed by atoms with E-state index in [1.54, 1.807) is 48.6 Å². The minimum absolute atomic E-state index is 0.169. The van der Waals surface area contributed by atoms with Crippen LogP contribution in [0.5, 0.6) is 0 Å². The summed E-state index contributed by atoms with van der Waals surface area (Å²) in [6.45, 7) is 8.81. The van der Waals surface area contributed by atoms with Gasteiger partial charge in [0.25, 0.3) is 20.2 Å². The van der Waals surface area contributed by atoms with Gasteiger partial charge in [0, 0.05) is 65.7 Å². The van der Waals surface area contributed by atoms with Gasteiger partial charge in [-0.2, -0.15) is 43.0 Å². The van der Waals surface area contributed by atoms with Crippen molar-refractivity contribution in [1.29, 1.82) is 0 Å². The first-order valence-corrected chi connectivity index (χ1v) is 26.9. The molecule has 0 radical (unpaired) electrons. The zero-order chi connectivity index (χ0) is 49.2. The number of alkyl halides is 3. The molecule has 0 saturated carbocycles. The van der Waals surface area contributed by atoms with Crippen molar-refractivity contribution in [1.82, 2.24) is 4.31 Å². The van der Waals surface area contributed by atoms with Crippen LogP contribution in [0.1, 0.15) is 75.6 Å². The van der Waals surface area contributed by atoms with Gasteiger partial charge >= 0.3 is 15.5 Å². The minimum Gasteiger partial charge on any atom is -0.344 e. The number of benzene rings is 5. The number of nitrogens with zero attached hydrogens (tertiary/aromatic N) is 3. The summed E-state index contributed by atoms with van der Waals surface area (Å²) in [5, 5.41) is 3.96. The SMILES string of the molecule is CN(C1=C(/C=C/C2=[N+](CCCCS(=O)(=O)O)c3ccc4ccccc4c3C2(C)C)c2ccccc2/C1=C\C=C1\N(CCCCS(=O)(=O)O)c2ccc3ccccc3c2C1(C)C)S(=O)(=O)C(F)(F)F. The second-order valence-corrected chi connectivity index (χ2v) is 23.6. The van der Waals surface area contributed by atoms with Crippen molar-refractivity contribution < 1.29 is 52.1 Å². The maximum Gasteiger partial charge on any atom is 0.516 e. The molecule has 2 heterocycles. The van der Waals surface area contributed by atoms with Crippen LogP contribution in [0.3, 0.4) is 0 Å². The summed E-state index contributed by atoms with van der Waals surface area (Å²) in [5.74, 6) is -0.853. The molecule has 11 nitrogen and oxygen atoms in total. The van der Waals surface area contributed by atoms with Gasteiger partial charge in [-0.1, -0.05) is 98.8 Å². The van der Waals surface area contributed by atoms with Crippen molar-refractivity contribution in [3.8, 4) is 0 Å². The second-order valence-electron chi connectivity index (χ2n) is 18.5. The first-order chi connectivity index (χ1) is 31.8. The number of halogens is 3. The lowest BCUT2D eigenvalue weighted by Crippen LogP contribution is -2.37. The number of likely N-dealkylation sites (N-methyl/N-ethyl adjacent to an activating group) is 1. The van der Waals surface area contributed by atoms with E-state index in [-0.39, 0.29) is 29.7 Å². The number of anilines is 1. The summed E-state index contributed by atoms with van der Waals surface area (Å²) in [7, 11) is -13.5. The summed E-state index contributed by atoms with van der Waals surface area (Å²) in [5.41, 5.74) is -0.656. The molecule has 0 saturated heterocycles. The van der Waals surface area contributed by atoms with Crippen molar-refractivity contribution >= 4 is 80.0 Å². The summed E-state index contributed by atoms with van der Waals surface area (Å²) >= 11 is 0. The monoisotopic (exact) mass is 988 g/mol. The fourth-order valence-electron chi connectivity index (χ4n) is 10.3. The zero-order valence-electron chi connectivity index (χ0n) is 38.2. The van der Waals surface area contributed by atoms with Crippen LogP contribution < -0.4 is 4.90 Å². The highest BCUT2D eigenvalue weighted by atomic mass is 32.2. The van der Waals surface area contributed by atoms with Gasteiger partial charge in [0.05, 0.1) is 22.6 Å². The van der Waals surface area contributed by atoms with Crippen LogP contribution >= 0.6 is 0 Å². The first-order valence-electron chi connectivity index (χ1n) is 22.2. The van der Waals surface area contributed by atoms with Gasteiger partial charge in [-0.05, 0) is 95.6 Å². The number of hydrogen-bond acceptors (Lipinski definition) is 7. The summed E-state index contributed by atoms with van der Waals surface area (Å²) in [6, 6.07) is 30.7. The van der Waals surface area contributed by atoms with Gasteiger partial charge in [-0.25, -0.2) is 0 Å². The Labute approximate surface area is 395 Å². The molecular weight excluding hydrogens is 936 g/mol. The largest absolute Gasteiger partial charge is 0.516 e. The maximum atomic E-state index is 14.7. The van der Waals surface area contributed by atoms with Gasteiger partial charge < -0.3 is 4.90 Å². The molecule has 0 unspecified atom stereocenters. The third-order valence-electron chi connectivity index (χ3n) is 13.4. The van der Waals surface area contributed by atoms with Crippen molar-refractivity contribution in [2.75, 3.05) is 36.5 Å². The molecule has 0 bridgehead atoms. The first kappa shape index (κ1) is 48.9. The summed E-state index contributed by atoms with van der Waals surface area (Å²) in [4.78, 5) is 2.05. The van der Waals surface area contributed by atoms with E-state index in [4.69, 9.17) is 0 Å². The van der Waals surface area contributed by atoms with E-state index in [9.17, 15) is 47.5 Å². The number of allylic oxidation sites excluding steroid dienone is 7. The molecule has 0 amide bonds. The lowest BCUT2D eigenvalue weighted by molar-refractivity contribution is -0.438. The highest BCUT2D eigenvalue weighted by molar-refractivity contribution is 7.90. The van der Waals surface area contributed by atoms with Crippen LogP contribution in [-0.2, 0) is 41.1 Å². The third-order valence-corrected chi connectivity index (χ3v) is 16.5. The summed E-state index contributed by atoms with van der Waals surface area (Å²) < 4.78 is 139. The van der Waals surface area contributed by atoms with Gasteiger partial charge in [-0.3, -0.25) is 13.4 Å². The lowest BCUT2D eigenvalue weighted by atomic mass is 9.79. The normalized spacial score (nSPS) is 18.2. The molecule has 2 N–H and O–H groups in total. The van der Waals surface area contributed by atoms with E-state index in [0.29, 0.717) is 41.4 Å². The molecule has 5 aromatic rings. The molecule has 0 spiro atoms. The predicted octanol–water partition coefficient (Wildman–Crippen LogP) is 10.5. The topological polar surface area (TPSA) is 152 Å². The highest BCUT2D eigenvalue weighted by Gasteiger charge is 2.51. The predicted molar refractivity (Wildman–Crippen MR) is 264 cm³/mol. The fourth-order valence-corrected chi connectivity index (χ4v) is 12.2. The van der Waals surface area contributed by atoms with E-state index >= 15 is 0 Å². The fraction of sp³-hybridized carbons (Fsp3) is 0.314. The molecule has 17 heteroatoms. The van der Waals surface area contributed by atoms with Crippen molar-refractivity contribution in [2.45, 2.75) is 69.7 Å². The Morgan fingerprint density at radius 2 is 1.22 bits per heavy atom. The summed E-state index contributed by atoms with van der Waals surface area (Å²) in [6.07, 6.45) is 8.00. The van der Waals surface area contributed by atoms with Gasteiger partial charge in [-0.15, -0.1) is 0 Å². The maximum absolute atomic E-state index is 14.7. The Hall–Kier alpha value is -5.59. The zero-order valence-corrected chi connectivity index (χ0v) is 40.7. The quantitative estimate of drug-likeness (QED) is 0.0593. The number of sulfonamides is 1. The Balaban J connectivity index is 1.32. The molecule has 358 valence electrons. The second kappa shape index (κ2) is 17.7. The van der Waals surface area contributed by atoms with Crippen molar-refractivity contribution in [3.63, 3.8) is 0 Å². The molecule has 8 rings (SSSR count). The molecule has 2 aliphatic heterocycles. The Bertz CT molecular complexity index is 3390. The minimum atomic E-state index is -5.96. The van der Waals surface area contributed by atoms with Crippen LogP contribution in [0, 0.1) is 0 Å². The molecule has 0 fully saturated rings. The van der Waals surface area contributed by atoms with Gasteiger partial charge in [0.15, 0.2) is 5.71 Å². The van der Waals surface area contributed by atoms with E-state index in [0.717, 1.165) is 62.5 Å². The van der Waals surface area contributed by atoms with Gasteiger partial charge in [0.1, 0.15) is 6.54 Å². The molecule has 3 aliphatic rings. The average molecular weight is 989 g/mol. The Kier molecular flexibility index (Phi) is 12.7. The van der Waals surface area contributed by atoms with Crippen LogP contribution in [0.2, 0.25) is 0 Å². The Morgan fingerprint density at radius 1 is 0.662 bits per heavy atom. The number of hydrogen-bond donors (Lipinski definition) is 2. The van der Waals surface area contributed by atoms with Gasteiger partial charge in [0.2, 0.25) is 5.69 Å². The standard InChI is InChI=1S/C51H52F3N3O8S3/c1-49(2)44(56(30-12-14-32-66(58,59)60)42-26-22-34-16-6-8-18-36(34)46(42)49)28-24-40-38-20-10-11-21-39(38)41(48(40)55(5)68(64,65)51(52,53)54)25-29-45-50(3,4)47-37-19-9-7-17-35(37)23-27-43(47)57(45)31-13-15-33-67(61,62)63/h6-11,16-29H,12-15,30-33H2,1-5H3,(H-,58,59,60,61,62,63)/p+1. The van der Waals surface area contributed by atoms with Crippen molar-refractivity contribution in [2.24, 2.45) is 0 Å². The molecule has 5 aromatic carbocycles. The van der Waals surface area contributed by atoms with Crippen molar-refractivity contribution in [3.05, 3.63) is 155 Å². The van der Waals surface area contributed by atoms with E-state index in [1.807, 2.05) is 100 Å². The molecular formula is C51H53F3N3O8S3+. The third kappa shape index (κ3) is 8.94. The van der Waals surface area contributed by atoms with E-state index in [1.165, 1.54) is 0 Å². The lowest BCUT2D eigenvalue weighted by Gasteiger charge is -2.27. The average Bonchev–Trinajstić information content (AvgIpc) is 3.78. The highest BCUT2D eigenvalue weighted by Crippen LogP contribution is 2.52. The van der Waals surface area contributed by atoms with E-state index < -0.39 is 58.1 Å². The number of fused-ring (bicyclic) bond motifs is 7. The van der Waals surface area contributed by atoms with E-state index in [2.05, 4.69) is 9.48 Å². The molecule has 1 aliphatic carbocycles. The van der Waals surface area contributed by atoms with Crippen LogP contribution in [0.4, 0.5) is 24.5 Å². The van der Waals surface area contributed by atoms with Crippen LogP contribution in [-0.4, -0.2) is 86.1 Å². The Morgan fingerprint density at radius 3 is 1.84 bits per heavy atom. The number of rotatable bonds is 15. The van der Waals surface area contributed by atoms with Crippen LogP contribution in [0.25, 0.3) is 32.7 Å².